The van der Waals surface area contributed by atoms with Gasteiger partial charge in [-0.05, 0) is 32.3 Å². The molecule has 88 valence electrons. The van der Waals surface area contributed by atoms with E-state index in [9.17, 15) is 4.79 Å². The highest BCUT2D eigenvalue weighted by Crippen LogP contribution is 2.32. The number of nitrogens with zero attached hydrogens (tertiary/aromatic N) is 1. The van der Waals surface area contributed by atoms with E-state index in [0.717, 1.165) is 13.0 Å². The first kappa shape index (κ1) is 11.2. The predicted octanol–water partition coefficient (Wildman–Crippen LogP) is 2.11. The molecule has 1 unspecified atom stereocenters. The molecule has 0 amide bonds. The molecule has 1 fully saturated rings. The summed E-state index contributed by atoms with van der Waals surface area (Å²) in [6.45, 7) is 3.70. The molecule has 0 aromatic heterocycles. The van der Waals surface area contributed by atoms with Crippen LogP contribution in [0.3, 0.4) is 0 Å². The minimum Gasteiger partial charge on any atom is -0.465 e. The highest BCUT2D eigenvalue weighted by molar-refractivity contribution is 5.72. The van der Waals surface area contributed by atoms with E-state index in [1.807, 2.05) is 6.92 Å². The molecular formula is C13H19NO2. The second-order valence-electron chi connectivity index (χ2n) is 4.32. The lowest BCUT2D eigenvalue weighted by atomic mass is 9.88. The fourth-order valence-electron chi connectivity index (χ4n) is 2.49. The predicted molar refractivity (Wildman–Crippen MR) is 62.8 cm³/mol. The van der Waals surface area contributed by atoms with Crippen LogP contribution >= 0.6 is 0 Å². The highest BCUT2D eigenvalue weighted by atomic mass is 16.5. The van der Waals surface area contributed by atoms with Crippen LogP contribution in [-0.4, -0.2) is 30.6 Å². The minimum atomic E-state index is -0.112. The van der Waals surface area contributed by atoms with Crippen molar-refractivity contribution in [2.24, 2.45) is 5.92 Å². The fourth-order valence-corrected chi connectivity index (χ4v) is 2.49. The van der Waals surface area contributed by atoms with E-state index in [1.165, 1.54) is 18.5 Å². The number of allylic oxidation sites excluding steroid dienone is 4. The van der Waals surface area contributed by atoms with Crippen molar-refractivity contribution in [3.63, 3.8) is 0 Å². The quantitative estimate of drug-likeness (QED) is 0.684. The maximum atomic E-state index is 11.5. The summed E-state index contributed by atoms with van der Waals surface area (Å²) in [7, 11) is 0. The van der Waals surface area contributed by atoms with Gasteiger partial charge in [0.25, 0.3) is 0 Å². The van der Waals surface area contributed by atoms with Gasteiger partial charge in [-0.2, -0.15) is 0 Å². The van der Waals surface area contributed by atoms with Crippen molar-refractivity contribution in [3.05, 3.63) is 23.9 Å². The van der Waals surface area contributed by atoms with Crippen LogP contribution in [0.25, 0.3) is 0 Å². The maximum Gasteiger partial charge on any atom is 0.325 e. The van der Waals surface area contributed by atoms with E-state index in [-0.39, 0.29) is 5.97 Å². The number of ether oxygens (including phenoxy) is 1. The van der Waals surface area contributed by atoms with Gasteiger partial charge in [-0.25, -0.2) is 0 Å². The second kappa shape index (κ2) is 5.19. The van der Waals surface area contributed by atoms with E-state index < -0.39 is 0 Å². The third kappa shape index (κ3) is 2.46. The molecule has 1 saturated heterocycles. The Labute approximate surface area is 96.8 Å². The Hall–Kier alpha value is -1.25. The van der Waals surface area contributed by atoms with Crippen molar-refractivity contribution < 1.29 is 9.53 Å². The van der Waals surface area contributed by atoms with Crippen molar-refractivity contribution in [2.45, 2.75) is 26.2 Å². The smallest absolute Gasteiger partial charge is 0.325 e. The topological polar surface area (TPSA) is 29.5 Å². The summed E-state index contributed by atoms with van der Waals surface area (Å²) in [6.07, 6.45) is 9.99. The van der Waals surface area contributed by atoms with Gasteiger partial charge in [0.1, 0.15) is 6.54 Å². The molecule has 1 atom stereocenters. The molecule has 2 rings (SSSR count). The van der Waals surface area contributed by atoms with Crippen LogP contribution in [0.15, 0.2) is 23.9 Å². The zero-order valence-electron chi connectivity index (χ0n) is 9.82. The molecule has 0 aromatic rings. The van der Waals surface area contributed by atoms with Crippen molar-refractivity contribution in [1.29, 1.82) is 0 Å². The van der Waals surface area contributed by atoms with E-state index in [1.54, 1.807) is 0 Å². The normalized spacial score (nSPS) is 23.7. The lowest BCUT2D eigenvalue weighted by molar-refractivity contribution is -0.144. The molecule has 0 saturated carbocycles. The lowest BCUT2D eigenvalue weighted by Gasteiger charge is -2.37. The van der Waals surface area contributed by atoms with Crippen LogP contribution in [0.1, 0.15) is 26.2 Å². The van der Waals surface area contributed by atoms with Gasteiger partial charge in [-0.1, -0.05) is 12.2 Å². The Morgan fingerprint density at radius 2 is 2.50 bits per heavy atom. The second-order valence-corrected chi connectivity index (χ2v) is 4.32. The zero-order chi connectivity index (χ0) is 11.4. The first-order valence-corrected chi connectivity index (χ1v) is 6.08. The molecule has 16 heavy (non-hydrogen) atoms. The average Bonchev–Trinajstić information content (AvgIpc) is 2.30. The SMILES string of the molecule is CCOC(=O)CN1CCCC2CC=CC=C21. The third-order valence-corrected chi connectivity index (χ3v) is 3.21. The molecule has 0 aromatic carbocycles. The summed E-state index contributed by atoms with van der Waals surface area (Å²) in [6, 6.07) is 0. The van der Waals surface area contributed by atoms with Gasteiger partial charge in [0.15, 0.2) is 0 Å². The highest BCUT2D eigenvalue weighted by Gasteiger charge is 2.26. The Morgan fingerprint density at radius 3 is 3.31 bits per heavy atom. The fraction of sp³-hybridized carbons (Fsp3) is 0.615. The number of carbonyl (C=O) groups is 1. The molecule has 0 radical (unpaired) electrons. The Morgan fingerprint density at radius 1 is 1.62 bits per heavy atom. The Kier molecular flexibility index (Phi) is 3.65. The summed E-state index contributed by atoms with van der Waals surface area (Å²) in [5.41, 5.74) is 1.32. The van der Waals surface area contributed by atoms with Gasteiger partial charge in [0.2, 0.25) is 0 Å². The number of fused-ring (bicyclic) bond motifs is 1. The maximum absolute atomic E-state index is 11.5. The van der Waals surface area contributed by atoms with Gasteiger partial charge in [0.05, 0.1) is 6.61 Å². The van der Waals surface area contributed by atoms with Gasteiger partial charge in [-0.15, -0.1) is 0 Å². The van der Waals surface area contributed by atoms with E-state index in [4.69, 9.17) is 4.74 Å². The molecule has 1 aliphatic heterocycles. The molecule has 3 nitrogen and oxygen atoms in total. The largest absolute Gasteiger partial charge is 0.465 e. The molecule has 3 heteroatoms. The first-order valence-electron chi connectivity index (χ1n) is 6.08. The van der Waals surface area contributed by atoms with Crippen LogP contribution in [-0.2, 0) is 9.53 Å². The molecule has 1 heterocycles. The number of likely N-dealkylation sites (tertiary alicyclic amines) is 1. The zero-order valence-corrected chi connectivity index (χ0v) is 9.82. The first-order chi connectivity index (χ1) is 7.81. The Balaban J connectivity index is 2.00. The number of esters is 1. The summed E-state index contributed by atoms with van der Waals surface area (Å²) < 4.78 is 5.00. The summed E-state index contributed by atoms with van der Waals surface area (Å²) >= 11 is 0. The summed E-state index contributed by atoms with van der Waals surface area (Å²) in [4.78, 5) is 13.7. The summed E-state index contributed by atoms with van der Waals surface area (Å²) in [5, 5.41) is 0. The molecular weight excluding hydrogens is 202 g/mol. The Bertz CT molecular complexity index is 320. The van der Waals surface area contributed by atoms with E-state index in [0.29, 0.717) is 19.1 Å². The van der Waals surface area contributed by atoms with Crippen molar-refractivity contribution in [2.75, 3.05) is 19.7 Å². The van der Waals surface area contributed by atoms with Crippen molar-refractivity contribution in [3.8, 4) is 0 Å². The molecule has 0 bridgehead atoms. The van der Waals surface area contributed by atoms with Crippen LogP contribution in [0.2, 0.25) is 0 Å². The van der Waals surface area contributed by atoms with Gasteiger partial charge in [-0.3, -0.25) is 4.79 Å². The van der Waals surface area contributed by atoms with Crippen LogP contribution in [0, 0.1) is 5.92 Å². The van der Waals surface area contributed by atoms with Crippen LogP contribution in [0.4, 0.5) is 0 Å². The minimum absolute atomic E-state index is 0.112. The van der Waals surface area contributed by atoms with Crippen molar-refractivity contribution >= 4 is 5.97 Å². The average molecular weight is 221 g/mol. The van der Waals surface area contributed by atoms with E-state index >= 15 is 0 Å². The van der Waals surface area contributed by atoms with Gasteiger partial charge in [0, 0.05) is 18.2 Å². The molecule has 0 N–H and O–H groups in total. The molecule has 1 aliphatic carbocycles. The van der Waals surface area contributed by atoms with Crippen LogP contribution in [0.5, 0.6) is 0 Å². The van der Waals surface area contributed by atoms with Crippen molar-refractivity contribution in [1.82, 2.24) is 4.90 Å². The number of hydrogen-bond donors (Lipinski definition) is 0. The number of rotatable bonds is 3. The van der Waals surface area contributed by atoms with Crippen LogP contribution < -0.4 is 0 Å². The molecule has 0 spiro atoms. The standard InChI is InChI=1S/C13H19NO2/c1-2-16-13(15)10-14-9-5-7-11-6-3-4-8-12(11)14/h3-4,8,11H,2,5-7,9-10H2,1H3. The van der Waals surface area contributed by atoms with E-state index in [2.05, 4.69) is 23.1 Å². The van der Waals surface area contributed by atoms with Gasteiger partial charge < -0.3 is 9.64 Å². The summed E-state index contributed by atoms with van der Waals surface area (Å²) in [5.74, 6) is 0.506. The number of piperidine rings is 1. The van der Waals surface area contributed by atoms with Gasteiger partial charge >= 0.3 is 5.97 Å². The monoisotopic (exact) mass is 221 g/mol. The molecule has 2 aliphatic rings. The third-order valence-electron chi connectivity index (χ3n) is 3.21. The lowest BCUT2D eigenvalue weighted by Crippen LogP contribution is -2.38. The number of carbonyl (C=O) groups excluding carboxylic acids is 1. The number of hydrogen-bond acceptors (Lipinski definition) is 3.